The average Bonchev–Trinajstić information content (AvgIpc) is 2.42. The van der Waals surface area contributed by atoms with Gasteiger partial charge in [0.15, 0.2) is 0 Å². The first-order valence-corrected chi connectivity index (χ1v) is 8.15. The second-order valence-electron chi connectivity index (χ2n) is 4.31. The van der Waals surface area contributed by atoms with Crippen molar-refractivity contribution in [1.29, 1.82) is 0 Å². The second-order valence-corrected chi connectivity index (χ2v) is 6.90. The molecule has 0 radical (unpaired) electrons. The summed E-state index contributed by atoms with van der Waals surface area (Å²) in [5.74, 6) is 0. The minimum Gasteiger partial charge on any atom is -0.398 e. The monoisotopic (exact) mass is 355 g/mol. The Morgan fingerprint density at radius 1 is 1.25 bits per heavy atom. The van der Waals surface area contributed by atoms with Crippen molar-refractivity contribution in [3.63, 3.8) is 0 Å². The Hall–Kier alpha value is -1.44. The molecular weight excluding hydrogens is 342 g/mol. The summed E-state index contributed by atoms with van der Waals surface area (Å²) in [7, 11) is -3.69. The van der Waals surface area contributed by atoms with Gasteiger partial charge < -0.3 is 5.73 Å². The fourth-order valence-electron chi connectivity index (χ4n) is 1.76. The van der Waals surface area contributed by atoms with Crippen LogP contribution in [0.5, 0.6) is 0 Å². The molecule has 5 nitrogen and oxygen atoms in total. The van der Waals surface area contributed by atoms with Crippen molar-refractivity contribution in [2.45, 2.75) is 17.9 Å². The van der Waals surface area contributed by atoms with Crippen LogP contribution in [-0.4, -0.2) is 13.4 Å². The van der Waals surface area contributed by atoms with Crippen molar-refractivity contribution in [3.05, 3.63) is 52.8 Å². The van der Waals surface area contributed by atoms with E-state index in [0.29, 0.717) is 4.47 Å². The predicted molar refractivity (Wildman–Crippen MR) is 81.5 cm³/mol. The van der Waals surface area contributed by atoms with Crippen LogP contribution in [0.2, 0.25) is 0 Å². The van der Waals surface area contributed by atoms with Gasteiger partial charge in [0.2, 0.25) is 10.0 Å². The van der Waals surface area contributed by atoms with Gasteiger partial charge in [-0.15, -0.1) is 0 Å². The van der Waals surface area contributed by atoms with Gasteiger partial charge in [0.05, 0.1) is 5.69 Å². The Morgan fingerprint density at radius 2 is 1.90 bits per heavy atom. The summed E-state index contributed by atoms with van der Waals surface area (Å²) in [6, 6.07) is 7.88. The van der Waals surface area contributed by atoms with E-state index >= 15 is 0 Å². The van der Waals surface area contributed by atoms with Gasteiger partial charge in [-0.25, -0.2) is 13.1 Å². The molecule has 0 spiro atoms. The molecule has 1 heterocycles. The summed E-state index contributed by atoms with van der Waals surface area (Å²) in [6.07, 6.45) is 3.24. The van der Waals surface area contributed by atoms with Crippen molar-refractivity contribution in [3.8, 4) is 0 Å². The number of nitrogens with zero attached hydrogens (tertiary/aromatic N) is 1. The molecule has 0 bridgehead atoms. The Bertz CT molecular complexity index is 705. The number of anilines is 1. The van der Waals surface area contributed by atoms with E-state index in [1.807, 2.05) is 0 Å². The predicted octanol–water partition coefficient (Wildman–Crippen LogP) is 2.47. The molecule has 0 aliphatic carbocycles. The number of benzene rings is 1. The van der Waals surface area contributed by atoms with E-state index < -0.39 is 10.0 Å². The van der Waals surface area contributed by atoms with Gasteiger partial charge in [-0.1, -0.05) is 15.9 Å². The highest BCUT2D eigenvalue weighted by Gasteiger charge is 2.21. The van der Waals surface area contributed by atoms with E-state index in [1.54, 1.807) is 43.6 Å². The number of aromatic nitrogens is 1. The van der Waals surface area contributed by atoms with Gasteiger partial charge in [0.25, 0.3) is 0 Å². The second kappa shape index (κ2) is 5.90. The van der Waals surface area contributed by atoms with E-state index in [2.05, 4.69) is 25.6 Å². The SMILES string of the molecule is CC(NS(=O)(=O)c1cc(Br)ccc1N)c1ccncc1. The van der Waals surface area contributed by atoms with Crippen molar-refractivity contribution in [2.24, 2.45) is 0 Å². The van der Waals surface area contributed by atoms with Crippen LogP contribution < -0.4 is 10.5 Å². The van der Waals surface area contributed by atoms with Crippen LogP contribution in [0.1, 0.15) is 18.5 Å². The van der Waals surface area contributed by atoms with Crippen LogP contribution in [0.15, 0.2) is 52.1 Å². The maximum Gasteiger partial charge on any atom is 0.243 e. The first-order valence-electron chi connectivity index (χ1n) is 5.87. The fourth-order valence-corrected chi connectivity index (χ4v) is 3.66. The third-order valence-corrected chi connectivity index (χ3v) is 4.89. The molecule has 0 saturated carbocycles. The third kappa shape index (κ3) is 3.36. The zero-order valence-corrected chi connectivity index (χ0v) is 13.1. The summed E-state index contributed by atoms with van der Waals surface area (Å²) in [5, 5.41) is 0. The Balaban J connectivity index is 2.30. The van der Waals surface area contributed by atoms with Crippen LogP contribution >= 0.6 is 15.9 Å². The van der Waals surface area contributed by atoms with Gasteiger partial charge in [-0.05, 0) is 42.8 Å². The molecule has 1 aromatic heterocycles. The molecule has 0 amide bonds. The van der Waals surface area contributed by atoms with Crippen LogP contribution in [0.25, 0.3) is 0 Å². The number of pyridine rings is 1. The molecule has 0 aliphatic heterocycles. The number of hydrogen-bond acceptors (Lipinski definition) is 4. The molecule has 1 unspecified atom stereocenters. The number of sulfonamides is 1. The summed E-state index contributed by atoms with van der Waals surface area (Å²) in [4.78, 5) is 3.97. The smallest absolute Gasteiger partial charge is 0.243 e. The lowest BCUT2D eigenvalue weighted by Crippen LogP contribution is -2.27. The average molecular weight is 356 g/mol. The molecule has 1 aromatic carbocycles. The van der Waals surface area contributed by atoms with Gasteiger partial charge in [0, 0.05) is 22.9 Å². The summed E-state index contributed by atoms with van der Waals surface area (Å²) in [5.41, 5.74) is 6.78. The highest BCUT2D eigenvalue weighted by atomic mass is 79.9. The molecule has 2 aromatic rings. The molecule has 3 N–H and O–H groups in total. The molecule has 106 valence electrons. The third-order valence-electron chi connectivity index (χ3n) is 2.80. The lowest BCUT2D eigenvalue weighted by Gasteiger charge is -2.15. The number of rotatable bonds is 4. The largest absolute Gasteiger partial charge is 0.398 e. The molecule has 1 atom stereocenters. The normalized spacial score (nSPS) is 13.1. The zero-order chi connectivity index (χ0) is 14.8. The number of nitrogens with two attached hydrogens (primary N) is 1. The molecule has 0 aliphatic rings. The number of hydrogen-bond donors (Lipinski definition) is 2. The number of nitrogens with one attached hydrogen (secondary N) is 1. The van der Waals surface area contributed by atoms with Crippen LogP contribution in [0, 0.1) is 0 Å². The number of halogens is 1. The van der Waals surface area contributed by atoms with E-state index in [4.69, 9.17) is 5.73 Å². The van der Waals surface area contributed by atoms with E-state index in [-0.39, 0.29) is 16.6 Å². The van der Waals surface area contributed by atoms with Crippen LogP contribution in [0.3, 0.4) is 0 Å². The van der Waals surface area contributed by atoms with Gasteiger partial charge in [-0.3, -0.25) is 4.98 Å². The van der Waals surface area contributed by atoms with E-state index in [9.17, 15) is 8.42 Å². The van der Waals surface area contributed by atoms with Crippen molar-refractivity contribution in [2.75, 3.05) is 5.73 Å². The van der Waals surface area contributed by atoms with Gasteiger partial charge >= 0.3 is 0 Å². The van der Waals surface area contributed by atoms with E-state index in [0.717, 1.165) is 5.56 Å². The zero-order valence-electron chi connectivity index (χ0n) is 10.7. The topological polar surface area (TPSA) is 85.1 Å². The highest BCUT2D eigenvalue weighted by molar-refractivity contribution is 9.10. The Labute approximate surface area is 126 Å². The quantitative estimate of drug-likeness (QED) is 0.825. The fraction of sp³-hybridized carbons (Fsp3) is 0.154. The first kappa shape index (κ1) is 15.0. The van der Waals surface area contributed by atoms with Gasteiger partial charge in [0.1, 0.15) is 4.90 Å². The van der Waals surface area contributed by atoms with Crippen molar-refractivity contribution in [1.82, 2.24) is 9.71 Å². The summed E-state index contributed by atoms with van der Waals surface area (Å²) < 4.78 is 28.0. The standard InChI is InChI=1S/C13H14BrN3O2S/c1-9(10-4-6-16-7-5-10)17-20(18,19)13-8-11(14)2-3-12(13)15/h2-9,17H,15H2,1H3. The Kier molecular flexibility index (Phi) is 4.42. The molecule has 0 saturated heterocycles. The molecule has 2 rings (SSSR count). The maximum atomic E-state index is 12.4. The Morgan fingerprint density at radius 3 is 2.55 bits per heavy atom. The van der Waals surface area contributed by atoms with Crippen LogP contribution in [0.4, 0.5) is 5.69 Å². The summed E-state index contributed by atoms with van der Waals surface area (Å²) in [6.45, 7) is 1.76. The molecule has 0 fully saturated rings. The van der Waals surface area contributed by atoms with Crippen molar-refractivity contribution < 1.29 is 8.42 Å². The molecule has 20 heavy (non-hydrogen) atoms. The lowest BCUT2D eigenvalue weighted by atomic mass is 10.1. The van der Waals surface area contributed by atoms with Gasteiger partial charge in [-0.2, -0.15) is 0 Å². The van der Waals surface area contributed by atoms with Crippen molar-refractivity contribution >= 4 is 31.6 Å². The summed E-state index contributed by atoms with van der Waals surface area (Å²) >= 11 is 3.24. The maximum absolute atomic E-state index is 12.4. The first-order chi connectivity index (χ1) is 9.40. The highest BCUT2D eigenvalue weighted by Crippen LogP contribution is 2.24. The van der Waals surface area contributed by atoms with E-state index in [1.165, 1.54) is 6.07 Å². The minimum absolute atomic E-state index is 0.0628. The molecular formula is C13H14BrN3O2S. The minimum atomic E-state index is -3.69. The molecule has 7 heteroatoms. The lowest BCUT2D eigenvalue weighted by molar-refractivity contribution is 0.567. The van der Waals surface area contributed by atoms with Crippen LogP contribution in [-0.2, 0) is 10.0 Å². The number of nitrogen functional groups attached to an aromatic ring is 1.